The lowest BCUT2D eigenvalue weighted by molar-refractivity contribution is -0.118. The summed E-state index contributed by atoms with van der Waals surface area (Å²) in [6, 6.07) is 0. The Hall–Kier alpha value is -1.23. The Bertz CT molecular complexity index is 304. The Morgan fingerprint density at radius 3 is 3.09 bits per heavy atom. The standard InChI is InChI=1S/C6H4N2O2S/c9-5-2-10-6(8-5)4-1-7-3-11-4/h1,3H,2H2. The largest absolute Gasteiger partial charge is 0.466 e. The molecule has 11 heavy (non-hydrogen) atoms. The first-order valence-corrected chi connectivity index (χ1v) is 3.87. The van der Waals surface area contributed by atoms with Gasteiger partial charge in [0.1, 0.15) is 4.88 Å². The number of carbonyl (C=O) groups is 1. The van der Waals surface area contributed by atoms with Crippen LogP contribution in [-0.2, 0) is 9.53 Å². The van der Waals surface area contributed by atoms with Gasteiger partial charge in [-0.2, -0.15) is 4.99 Å². The van der Waals surface area contributed by atoms with E-state index in [1.165, 1.54) is 11.3 Å². The Kier molecular flexibility index (Phi) is 1.43. The minimum absolute atomic E-state index is 0.0627. The van der Waals surface area contributed by atoms with Gasteiger partial charge in [-0.05, 0) is 0 Å². The van der Waals surface area contributed by atoms with Gasteiger partial charge in [-0.3, -0.25) is 9.78 Å². The molecule has 0 atom stereocenters. The van der Waals surface area contributed by atoms with Crippen LogP contribution in [-0.4, -0.2) is 23.4 Å². The number of aliphatic imine (C=N–C) groups is 1. The minimum atomic E-state index is -0.228. The molecule has 0 saturated carbocycles. The molecule has 1 amide bonds. The molecule has 0 bridgehead atoms. The molecule has 56 valence electrons. The Morgan fingerprint density at radius 2 is 2.55 bits per heavy atom. The zero-order valence-electron chi connectivity index (χ0n) is 5.48. The first-order valence-electron chi connectivity index (χ1n) is 2.99. The minimum Gasteiger partial charge on any atom is -0.466 e. The lowest BCUT2D eigenvalue weighted by Gasteiger charge is -1.92. The summed E-state index contributed by atoms with van der Waals surface area (Å²) >= 11 is 1.40. The molecule has 0 N–H and O–H groups in total. The van der Waals surface area contributed by atoms with Crippen LogP contribution in [0.15, 0.2) is 16.7 Å². The van der Waals surface area contributed by atoms with Gasteiger partial charge in [0.05, 0.1) is 11.7 Å². The third-order valence-corrected chi connectivity index (χ3v) is 1.96. The molecule has 1 aromatic rings. The fraction of sp³-hybridized carbons (Fsp3) is 0.167. The van der Waals surface area contributed by atoms with Gasteiger partial charge in [0, 0.05) is 0 Å². The zero-order valence-corrected chi connectivity index (χ0v) is 6.30. The van der Waals surface area contributed by atoms with Gasteiger partial charge >= 0.3 is 0 Å². The van der Waals surface area contributed by atoms with Gasteiger partial charge in [0.15, 0.2) is 6.61 Å². The van der Waals surface area contributed by atoms with Crippen LogP contribution in [0.3, 0.4) is 0 Å². The molecule has 0 aromatic carbocycles. The molecule has 1 aliphatic rings. The van der Waals surface area contributed by atoms with E-state index in [2.05, 4.69) is 9.98 Å². The molecular weight excluding hydrogens is 164 g/mol. The molecule has 5 heteroatoms. The van der Waals surface area contributed by atoms with E-state index in [0.29, 0.717) is 5.90 Å². The number of amides is 1. The molecule has 0 fully saturated rings. The topological polar surface area (TPSA) is 51.5 Å². The number of carbonyl (C=O) groups excluding carboxylic acids is 1. The average molecular weight is 168 g/mol. The first-order chi connectivity index (χ1) is 5.36. The van der Waals surface area contributed by atoms with Gasteiger partial charge in [0.25, 0.3) is 5.91 Å². The number of ether oxygens (including phenoxy) is 1. The number of thiazole rings is 1. The summed E-state index contributed by atoms with van der Waals surface area (Å²) in [4.78, 5) is 18.9. The Morgan fingerprint density at radius 1 is 1.64 bits per heavy atom. The van der Waals surface area contributed by atoms with Crippen LogP contribution in [0.25, 0.3) is 0 Å². The number of nitrogens with zero attached hydrogens (tertiary/aromatic N) is 2. The molecule has 0 saturated heterocycles. The molecule has 1 aromatic heterocycles. The van der Waals surface area contributed by atoms with Crippen molar-refractivity contribution >= 4 is 23.1 Å². The fourth-order valence-electron chi connectivity index (χ4n) is 0.756. The lowest BCUT2D eigenvalue weighted by atomic mass is 10.5. The van der Waals surface area contributed by atoms with Crippen molar-refractivity contribution in [3.63, 3.8) is 0 Å². The highest BCUT2D eigenvalue weighted by Gasteiger charge is 2.17. The van der Waals surface area contributed by atoms with E-state index in [-0.39, 0.29) is 12.5 Å². The van der Waals surface area contributed by atoms with Crippen LogP contribution < -0.4 is 0 Å². The Labute approximate surface area is 66.6 Å². The molecule has 0 spiro atoms. The van der Waals surface area contributed by atoms with Crippen LogP contribution in [0.4, 0.5) is 0 Å². The van der Waals surface area contributed by atoms with E-state index in [1.54, 1.807) is 11.7 Å². The van der Waals surface area contributed by atoms with E-state index >= 15 is 0 Å². The molecule has 0 aliphatic carbocycles. The third-order valence-electron chi connectivity index (χ3n) is 1.20. The predicted octanol–water partition coefficient (Wildman–Crippen LogP) is 0.447. The SMILES string of the molecule is O=C1COC(c2cncs2)=N1. The van der Waals surface area contributed by atoms with E-state index in [1.807, 2.05) is 0 Å². The van der Waals surface area contributed by atoms with E-state index in [9.17, 15) is 4.79 Å². The average Bonchev–Trinajstić information content (AvgIpc) is 2.55. The predicted molar refractivity (Wildman–Crippen MR) is 39.6 cm³/mol. The summed E-state index contributed by atoms with van der Waals surface area (Å²) in [6.07, 6.45) is 1.63. The summed E-state index contributed by atoms with van der Waals surface area (Å²) in [5.41, 5.74) is 1.67. The molecule has 0 radical (unpaired) electrons. The summed E-state index contributed by atoms with van der Waals surface area (Å²) in [6.45, 7) is 0.0627. The zero-order chi connectivity index (χ0) is 7.68. The number of rotatable bonds is 1. The highest BCUT2D eigenvalue weighted by Crippen LogP contribution is 2.11. The first kappa shape index (κ1) is 6.48. The van der Waals surface area contributed by atoms with Crippen molar-refractivity contribution in [2.75, 3.05) is 6.61 Å². The van der Waals surface area contributed by atoms with Gasteiger partial charge in [-0.25, -0.2) is 0 Å². The number of aromatic nitrogens is 1. The highest BCUT2D eigenvalue weighted by molar-refractivity contribution is 7.11. The van der Waals surface area contributed by atoms with Crippen LogP contribution in [0.1, 0.15) is 4.88 Å². The molecule has 2 rings (SSSR count). The third kappa shape index (κ3) is 1.14. The maximum Gasteiger partial charge on any atom is 0.286 e. The molecule has 4 nitrogen and oxygen atoms in total. The number of hydrogen-bond donors (Lipinski definition) is 0. The van der Waals surface area contributed by atoms with Gasteiger partial charge in [0.2, 0.25) is 5.90 Å². The maximum absolute atomic E-state index is 10.6. The lowest BCUT2D eigenvalue weighted by Crippen LogP contribution is -1.98. The van der Waals surface area contributed by atoms with Gasteiger partial charge in [-0.15, -0.1) is 11.3 Å². The molecule has 1 aliphatic heterocycles. The second-order valence-corrected chi connectivity index (χ2v) is 2.85. The Balaban J connectivity index is 2.31. The van der Waals surface area contributed by atoms with Crippen molar-refractivity contribution in [3.8, 4) is 0 Å². The smallest absolute Gasteiger partial charge is 0.286 e. The van der Waals surface area contributed by atoms with Crippen molar-refractivity contribution in [1.29, 1.82) is 0 Å². The quantitative estimate of drug-likeness (QED) is 0.611. The van der Waals surface area contributed by atoms with Crippen LogP contribution in [0.5, 0.6) is 0 Å². The van der Waals surface area contributed by atoms with Crippen LogP contribution in [0, 0.1) is 0 Å². The summed E-state index contributed by atoms with van der Waals surface area (Å²) in [7, 11) is 0. The van der Waals surface area contributed by atoms with E-state index < -0.39 is 0 Å². The summed E-state index contributed by atoms with van der Waals surface area (Å²) in [5.74, 6) is 0.172. The fourth-order valence-corrected chi connectivity index (χ4v) is 1.32. The summed E-state index contributed by atoms with van der Waals surface area (Å²) in [5, 5.41) is 0. The maximum atomic E-state index is 10.6. The van der Waals surface area contributed by atoms with E-state index in [4.69, 9.17) is 4.74 Å². The highest BCUT2D eigenvalue weighted by atomic mass is 32.1. The normalized spacial score (nSPS) is 16.4. The van der Waals surface area contributed by atoms with Gasteiger partial charge < -0.3 is 4.74 Å². The van der Waals surface area contributed by atoms with Crippen LogP contribution in [0.2, 0.25) is 0 Å². The van der Waals surface area contributed by atoms with Crippen molar-refractivity contribution in [2.24, 2.45) is 4.99 Å². The second kappa shape index (κ2) is 2.43. The summed E-state index contributed by atoms with van der Waals surface area (Å²) < 4.78 is 4.98. The van der Waals surface area contributed by atoms with Crippen molar-refractivity contribution < 1.29 is 9.53 Å². The monoisotopic (exact) mass is 168 g/mol. The molecule has 0 unspecified atom stereocenters. The van der Waals surface area contributed by atoms with Crippen LogP contribution >= 0.6 is 11.3 Å². The molecular formula is C6H4N2O2S. The van der Waals surface area contributed by atoms with Gasteiger partial charge in [-0.1, -0.05) is 0 Å². The molecule has 2 heterocycles. The second-order valence-electron chi connectivity index (χ2n) is 1.97. The van der Waals surface area contributed by atoms with E-state index in [0.717, 1.165) is 4.88 Å². The van der Waals surface area contributed by atoms with Crippen molar-refractivity contribution in [3.05, 3.63) is 16.6 Å². The van der Waals surface area contributed by atoms with Crippen molar-refractivity contribution in [1.82, 2.24) is 4.98 Å². The van der Waals surface area contributed by atoms with Crippen molar-refractivity contribution in [2.45, 2.75) is 0 Å². The number of hydrogen-bond acceptors (Lipinski definition) is 4.